The third-order valence-corrected chi connectivity index (χ3v) is 6.17. The first-order valence-corrected chi connectivity index (χ1v) is 11.7. The largest absolute Gasteiger partial charge is 0.332 e. The molecular formula is C20H37N3O2S. The standard InChI is InChI=1S/C20H37N3O2S/c1-9-10-11-20(6,7)17-14(2)21-18(19(3,4)5)23-13-15(12-16(17)23)22-26(8,24)25/h14-15,22H,9-13H2,1-8H3/t14-,15+/m1/s1. The predicted molar refractivity (Wildman–Crippen MR) is 110 cm³/mol. The Balaban J connectivity index is 2.48. The van der Waals surface area contributed by atoms with E-state index < -0.39 is 10.0 Å². The van der Waals surface area contributed by atoms with Gasteiger partial charge in [0.2, 0.25) is 10.0 Å². The monoisotopic (exact) mass is 383 g/mol. The van der Waals surface area contributed by atoms with Crippen molar-refractivity contribution in [1.29, 1.82) is 0 Å². The molecule has 1 fully saturated rings. The molecule has 1 N–H and O–H groups in total. The second-order valence-electron chi connectivity index (χ2n) is 9.63. The number of amidine groups is 1. The molecule has 150 valence electrons. The summed E-state index contributed by atoms with van der Waals surface area (Å²) in [5.41, 5.74) is 2.67. The van der Waals surface area contributed by atoms with Gasteiger partial charge in [-0.1, -0.05) is 54.4 Å². The van der Waals surface area contributed by atoms with E-state index in [1.54, 1.807) is 0 Å². The highest BCUT2D eigenvalue weighted by atomic mass is 32.2. The fourth-order valence-corrected chi connectivity index (χ4v) is 5.22. The molecule has 0 aromatic carbocycles. The maximum Gasteiger partial charge on any atom is 0.209 e. The quantitative estimate of drug-likeness (QED) is 0.756. The van der Waals surface area contributed by atoms with E-state index in [-0.39, 0.29) is 22.9 Å². The highest BCUT2D eigenvalue weighted by Crippen LogP contribution is 2.45. The van der Waals surface area contributed by atoms with E-state index in [2.05, 4.69) is 58.1 Å². The summed E-state index contributed by atoms with van der Waals surface area (Å²) < 4.78 is 26.4. The highest BCUT2D eigenvalue weighted by molar-refractivity contribution is 7.88. The van der Waals surface area contributed by atoms with Gasteiger partial charge in [0.1, 0.15) is 5.84 Å². The van der Waals surface area contributed by atoms with Gasteiger partial charge < -0.3 is 4.90 Å². The van der Waals surface area contributed by atoms with Gasteiger partial charge in [-0.2, -0.15) is 0 Å². The van der Waals surface area contributed by atoms with Crippen LogP contribution in [-0.2, 0) is 10.0 Å². The number of aliphatic imine (C=N–C) groups is 1. The Labute approximate surface area is 160 Å². The van der Waals surface area contributed by atoms with Crippen LogP contribution in [0, 0.1) is 10.8 Å². The smallest absolute Gasteiger partial charge is 0.209 e. The maximum absolute atomic E-state index is 11.8. The lowest BCUT2D eigenvalue weighted by molar-refractivity contribution is 0.342. The van der Waals surface area contributed by atoms with Crippen LogP contribution in [0.1, 0.15) is 74.1 Å². The number of rotatable bonds is 6. The molecule has 0 unspecified atom stereocenters. The number of nitrogens with zero attached hydrogens (tertiary/aromatic N) is 2. The van der Waals surface area contributed by atoms with Crippen LogP contribution in [0.4, 0.5) is 0 Å². The molecule has 2 rings (SSSR count). The maximum atomic E-state index is 11.8. The van der Waals surface area contributed by atoms with Crippen LogP contribution in [0.3, 0.4) is 0 Å². The molecule has 0 bridgehead atoms. The molecule has 2 atom stereocenters. The Morgan fingerprint density at radius 1 is 1.23 bits per heavy atom. The van der Waals surface area contributed by atoms with Crippen molar-refractivity contribution >= 4 is 15.9 Å². The van der Waals surface area contributed by atoms with E-state index in [0.717, 1.165) is 18.7 Å². The number of hydrogen-bond donors (Lipinski definition) is 1. The first-order valence-electron chi connectivity index (χ1n) is 9.83. The van der Waals surface area contributed by atoms with E-state index in [4.69, 9.17) is 4.99 Å². The molecule has 5 nitrogen and oxygen atoms in total. The van der Waals surface area contributed by atoms with Gasteiger partial charge in [-0.25, -0.2) is 13.1 Å². The van der Waals surface area contributed by atoms with Crippen LogP contribution in [-0.4, -0.2) is 44.0 Å². The Hall–Kier alpha value is -0.880. The first-order chi connectivity index (χ1) is 11.8. The number of hydrogen-bond acceptors (Lipinski definition) is 4. The molecule has 0 amide bonds. The zero-order valence-electron chi connectivity index (χ0n) is 17.8. The van der Waals surface area contributed by atoms with Crippen molar-refractivity contribution in [3.05, 3.63) is 11.3 Å². The lowest BCUT2D eigenvalue weighted by Crippen LogP contribution is -2.45. The van der Waals surface area contributed by atoms with Crippen LogP contribution in [0.2, 0.25) is 0 Å². The van der Waals surface area contributed by atoms with Gasteiger partial charge in [-0.05, 0) is 24.3 Å². The van der Waals surface area contributed by atoms with Gasteiger partial charge in [0.25, 0.3) is 0 Å². The van der Waals surface area contributed by atoms with Crippen molar-refractivity contribution in [2.75, 3.05) is 12.8 Å². The number of fused-ring (bicyclic) bond motifs is 1. The second-order valence-corrected chi connectivity index (χ2v) is 11.4. The Morgan fingerprint density at radius 3 is 2.35 bits per heavy atom. The number of nitrogens with one attached hydrogen (secondary N) is 1. The fraction of sp³-hybridized carbons (Fsp3) is 0.850. The minimum absolute atomic E-state index is 0.0654. The van der Waals surface area contributed by atoms with Gasteiger partial charge in [-0.15, -0.1) is 0 Å². The lowest BCUT2D eigenvalue weighted by atomic mass is 9.74. The molecule has 0 saturated carbocycles. The summed E-state index contributed by atoms with van der Waals surface area (Å²) in [5.74, 6) is 1.08. The minimum Gasteiger partial charge on any atom is -0.332 e. The van der Waals surface area contributed by atoms with Gasteiger partial charge in [0.05, 0.1) is 12.3 Å². The van der Waals surface area contributed by atoms with Crippen LogP contribution in [0.5, 0.6) is 0 Å². The molecule has 2 aliphatic heterocycles. The average molecular weight is 384 g/mol. The van der Waals surface area contributed by atoms with Crippen LogP contribution < -0.4 is 4.72 Å². The van der Waals surface area contributed by atoms with Gasteiger partial charge in [-0.3, -0.25) is 4.99 Å². The van der Waals surface area contributed by atoms with E-state index in [1.807, 2.05) is 0 Å². The van der Waals surface area contributed by atoms with Crippen molar-refractivity contribution in [3.8, 4) is 0 Å². The van der Waals surface area contributed by atoms with Crippen molar-refractivity contribution < 1.29 is 8.42 Å². The summed E-state index contributed by atoms with van der Waals surface area (Å²) in [4.78, 5) is 7.39. The van der Waals surface area contributed by atoms with Crippen LogP contribution >= 0.6 is 0 Å². The minimum atomic E-state index is -3.22. The molecule has 2 heterocycles. The van der Waals surface area contributed by atoms with Crippen LogP contribution in [0.15, 0.2) is 16.3 Å². The molecular weight excluding hydrogens is 346 g/mol. The van der Waals surface area contributed by atoms with Gasteiger partial charge >= 0.3 is 0 Å². The Kier molecular flexibility index (Phi) is 5.99. The van der Waals surface area contributed by atoms with E-state index >= 15 is 0 Å². The molecule has 0 aromatic rings. The fourth-order valence-electron chi connectivity index (χ4n) is 4.46. The molecule has 26 heavy (non-hydrogen) atoms. The van der Waals surface area contributed by atoms with Crippen molar-refractivity contribution in [1.82, 2.24) is 9.62 Å². The number of unbranched alkanes of at least 4 members (excludes halogenated alkanes) is 1. The van der Waals surface area contributed by atoms with Crippen molar-refractivity contribution in [2.24, 2.45) is 15.8 Å². The van der Waals surface area contributed by atoms with E-state index in [9.17, 15) is 8.42 Å². The molecule has 0 aliphatic carbocycles. The van der Waals surface area contributed by atoms with Crippen molar-refractivity contribution in [2.45, 2.75) is 86.2 Å². The summed E-state index contributed by atoms with van der Waals surface area (Å²) in [6.45, 7) is 16.3. The van der Waals surface area contributed by atoms with E-state index in [0.29, 0.717) is 6.54 Å². The topological polar surface area (TPSA) is 61.8 Å². The molecule has 6 heteroatoms. The summed E-state index contributed by atoms with van der Waals surface area (Å²) in [7, 11) is -3.22. The predicted octanol–water partition coefficient (Wildman–Crippen LogP) is 3.93. The molecule has 0 spiro atoms. The van der Waals surface area contributed by atoms with Crippen molar-refractivity contribution in [3.63, 3.8) is 0 Å². The SMILES string of the molecule is CCCCC(C)(C)C1=C2C[C@H](NS(C)(=O)=O)CN2C(C(C)(C)C)=N[C@@H]1C. The zero-order chi connectivity index (χ0) is 19.9. The highest BCUT2D eigenvalue weighted by Gasteiger charge is 2.43. The van der Waals surface area contributed by atoms with Gasteiger partial charge in [0, 0.05) is 30.1 Å². The molecule has 2 aliphatic rings. The third kappa shape index (κ3) is 4.69. The number of sulfonamides is 1. The second kappa shape index (κ2) is 7.27. The summed E-state index contributed by atoms with van der Waals surface area (Å²) >= 11 is 0. The third-order valence-electron chi connectivity index (χ3n) is 5.40. The normalized spacial score (nSPS) is 24.8. The summed E-state index contributed by atoms with van der Waals surface area (Å²) in [6.07, 6.45) is 5.49. The lowest BCUT2D eigenvalue weighted by Gasteiger charge is -2.42. The van der Waals surface area contributed by atoms with Gasteiger partial charge in [0.15, 0.2) is 0 Å². The average Bonchev–Trinajstić information content (AvgIpc) is 2.83. The zero-order valence-corrected chi connectivity index (χ0v) is 18.6. The van der Waals surface area contributed by atoms with Crippen LogP contribution in [0.25, 0.3) is 0 Å². The molecule has 0 radical (unpaired) electrons. The Bertz CT molecular complexity index is 699. The first kappa shape index (κ1) is 21.4. The Morgan fingerprint density at radius 2 is 1.85 bits per heavy atom. The molecule has 0 aromatic heterocycles. The van der Waals surface area contributed by atoms with E-state index in [1.165, 1.54) is 30.4 Å². The molecule has 1 saturated heterocycles. The summed E-state index contributed by atoms with van der Waals surface area (Å²) in [6, 6.07) is 0.0501. The summed E-state index contributed by atoms with van der Waals surface area (Å²) in [5, 5.41) is 0.